The van der Waals surface area contributed by atoms with Crippen molar-refractivity contribution in [3.05, 3.63) is 29.6 Å². The first-order valence-electron chi connectivity index (χ1n) is 5.56. The summed E-state index contributed by atoms with van der Waals surface area (Å²) in [4.78, 5) is 12.7. The van der Waals surface area contributed by atoms with Crippen LogP contribution >= 0.6 is 11.6 Å². The number of halogens is 5. The van der Waals surface area contributed by atoms with E-state index in [2.05, 4.69) is 0 Å². The minimum Gasteiger partial charge on any atom is -0.309 e. The number of amides is 1. The number of carbonyl (C=O) groups is 1. The first-order valence-corrected chi connectivity index (χ1v) is 6.09. The minimum atomic E-state index is -4.57. The molecule has 1 fully saturated rings. The zero-order chi connectivity index (χ0) is 14.2. The fraction of sp³-hybridized carbons (Fsp3) is 0.417. The van der Waals surface area contributed by atoms with Gasteiger partial charge in [-0.1, -0.05) is 0 Å². The highest BCUT2D eigenvalue weighted by atomic mass is 35.5. The van der Waals surface area contributed by atoms with E-state index in [1.807, 2.05) is 0 Å². The quantitative estimate of drug-likeness (QED) is 0.604. The Balaban J connectivity index is 2.37. The average Bonchev–Trinajstić information content (AvgIpc) is 2.69. The first-order chi connectivity index (χ1) is 8.82. The van der Waals surface area contributed by atoms with E-state index in [9.17, 15) is 22.4 Å². The van der Waals surface area contributed by atoms with Gasteiger partial charge in [-0.15, -0.1) is 11.6 Å². The lowest BCUT2D eigenvalue weighted by Gasteiger charge is -2.19. The molecule has 1 aromatic carbocycles. The maximum atomic E-state index is 13.6. The Morgan fingerprint density at radius 1 is 1.37 bits per heavy atom. The molecule has 1 atom stereocenters. The van der Waals surface area contributed by atoms with Gasteiger partial charge in [0, 0.05) is 18.8 Å². The van der Waals surface area contributed by atoms with Gasteiger partial charge in [0.05, 0.1) is 11.3 Å². The van der Waals surface area contributed by atoms with Gasteiger partial charge >= 0.3 is 6.18 Å². The maximum Gasteiger partial charge on any atom is 0.416 e. The van der Waals surface area contributed by atoms with Gasteiger partial charge in [-0.2, -0.15) is 13.2 Å². The highest BCUT2D eigenvalue weighted by Crippen LogP contribution is 2.35. The number of alkyl halides is 4. The summed E-state index contributed by atoms with van der Waals surface area (Å²) in [6, 6.07) is 2.03. The van der Waals surface area contributed by atoms with Crippen LogP contribution in [0.4, 0.5) is 23.2 Å². The highest BCUT2D eigenvalue weighted by Gasteiger charge is 2.35. The molecule has 19 heavy (non-hydrogen) atoms. The highest BCUT2D eigenvalue weighted by molar-refractivity contribution is 6.18. The molecule has 1 saturated heterocycles. The third-order valence-corrected chi connectivity index (χ3v) is 3.42. The van der Waals surface area contributed by atoms with E-state index in [4.69, 9.17) is 11.6 Å². The summed E-state index contributed by atoms with van der Waals surface area (Å²) < 4.78 is 51.4. The Hall–Kier alpha value is -1.30. The van der Waals surface area contributed by atoms with E-state index in [0.717, 1.165) is 11.0 Å². The van der Waals surface area contributed by atoms with Gasteiger partial charge in [0.2, 0.25) is 5.91 Å². The lowest BCUT2D eigenvalue weighted by Crippen LogP contribution is -2.26. The summed E-state index contributed by atoms with van der Waals surface area (Å²) in [7, 11) is 0. The van der Waals surface area contributed by atoms with Crippen molar-refractivity contribution in [3.8, 4) is 0 Å². The maximum absolute atomic E-state index is 13.6. The number of benzene rings is 1. The number of hydrogen-bond donors (Lipinski definition) is 0. The molecule has 1 heterocycles. The van der Waals surface area contributed by atoms with Gasteiger partial charge in [0.15, 0.2) is 0 Å². The number of hydrogen-bond acceptors (Lipinski definition) is 1. The van der Waals surface area contributed by atoms with Crippen LogP contribution in [0, 0.1) is 11.7 Å². The minimum absolute atomic E-state index is 0.124. The lowest BCUT2D eigenvalue weighted by atomic mass is 10.1. The molecule has 2 nitrogen and oxygen atoms in total. The summed E-state index contributed by atoms with van der Waals surface area (Å²) in [6.45, 7) is 0.139. The van der Waals surface area contributed by atoms with Crippen LogP contribution in [0.2, 0.25) is 0 Å². The number of rotatable bonds is 2. The molecular weight excluding hydrogens is 286 g/mol. The summed E-state index contributed by atoms with van der Waals surface area (Å²) in [5.41, 5.74) is -1.32. The topological polar surface area (TPSA) is 20.3 Å². The fourth-order valence-electron chi connectivity index (χ4n) is 2.01. The molecule has 1 unspecified atom stereocenters. The molecule has 0 radical (unpaired) electrons. The Bertz CT molecular complexity index is 503. The van der Waals surface area contributed by atoms with Gasteiger partial charge in [-0.25, -0.2) is 4.39 Å². The molecule has 1 aromatic rings. The summed E-state index contributed by atoms with van der Waals surface area (Å²) in [5, 5.41) is 0. The smallest absolute Gasteiger partial charge is 0.309 e. The van der Waals surface area contributed by atoms with Crippen LogP contribution in [-0.2, 0) is 11.0 Å². The SMILES string of the molecule is O=C1CC(CCl)CN1c1cc(C(F)(F)F)ccc1F. The van der Waals surface area contributed by atoms with E-state index in [-0.39, 0.29) is 30.5 Å². The van der Waals surface area contributed by atoms with E-state index in [1.54, 1.807) is 0 Å². The van der Waals surface area contributed by atoms with E-state index in [0.29, 0.717) is 12.1 Å². The van der Waals surface area contributed by atoms with Crippen molar-refractivity contribution < 1.29 is 22.4 Å². The van der Waals surface area contributed by atoms with Crippen molar-refractivity contribution in [1.29, 1.82) is 0 Å². The zero-order valence-corrected chi connectivity index (χ0v) is 10.4. The number of carbonyl (C=O) groups excluding carboxylic acids is 1. The first kappa shape index (κ1) is 14.1. The van der Waals surface area contributed by atoms with Gasteiger partial charge in [-0.3, -0.25) is 4.79 Å². The lowest BCUT2D eigenvalue weighted by molar-refractivity contribution is -0.137. The second-order valence-corrected chi connectivity index (χ2v) is 4.70. The molecule has 1 aliphatic heterocycles. The summed E-state index contributed by atoms with van der Waals surface area (Å²) in [6.07, 6.45) is -4.45. The normalized spacial score (nSPS) is 20.2. The second-order valence-electron chi connectivity index (χ2n) is 4.39. The molecule has 7 heteroatoms. The van der Waals surface area contributed by atoms with Crippen LogP contribution < -0.4 is 4.90 Å². The van der Waals surface area contributed by atoms with Gasteiger partial charge < -0.3 is 4.90 Å². The molecule has 104 valence electrons. The van der Waals surface area contributed by atoms with Gasteiger partial charge in [0.25, 0.3) is 0 Å². The molecule has 2 rings (SSSR count). The average molecular weight is 296 g/mol. The van der Waals surface area contributed by atoms with Crippen molar-refractivity contribution in [3.63, 3.8) is 0 Å². The Morgan fingerprint density at radius 3 is 2.58 bits per heavy atom. The summed E-state index contributed by atoms with van der Waals surface area (Å²) >= 11 is 5.62. The van der Waals surface area contributed by atoms with Crippen LogP contribution in [0.15, 0.2) is 18.2 Å². The van der Waals surface area contributed by atoms with Crippen molar-refractivity contribution in [1.82, 2.24) is 0 Å². The van der Waals surface area contributed by atoms with Crippen molar-refractivity contribution in [2.24, 2.45) is 5.92 Å². The third kappa shape index (κ3) is 2.83. The molecule has 0 aromatic heterocycles. The predicted octanol–water partition coefficient (Wildman–Crippen LogP) is 3.44. The van der Waals surface area contributed by atoms with Crippen molar-refractivity contribution in [2.45, 2.75) is 12.6 Å². The second kappa shape index (κ2) is 5.00. The van der Waals surface area contributed by atoms with Crippen LogP contribution in [0.5, 0.6) is 0 Å². The van der Waals surface area contributed by atoms with Crippen LogP contribution in [0.1, 0.15) is 12.0 Å². The van der Waals surface area contributed by atoms with Crippen LogP contribution in [0.3, 0.4) is 0 Å². The monoisotopic (exact) mass is 295 g/mol. The summed E-state index contributed by atoms with van der Waals surface area (Å²) in [5.74, 6) is -1.22. The van der Waals surface area contributed by atoms with Gasteiger partial charge in [-0.05, 0) is 24.1 Å². The Morgan fingerprint density at radius 2 is 2.05 bits per heavy atom. The molecule has 1 amide bonds. The molecule has 1 aliphatic rings. The largest absolute Gasteiger partial charge is 0.416 e. The van der Waals surface area contributed by atoms with Crippen LogP contribution in [0.25, 0.3) is 0 Å². The Kier molecular flexibility index (Phi) is 3.71. The van der Waals surface area contributed by atoms with Gasteiger partial charge in [0.1, 0.15) is 5.82 Å². The number of anilines is 1. The number of nitrogens with zero attached hydrogens (tertiary/aromatic N) is 1. The standard InChI is InChI=1S/C12H10ClF4NO/c13-5-7-3-11(19)18(6-7)10-4-8(12(15,16)17)1-2-9(10)14/h1-2,4,7H,3,5-6H2. The molecule has 0 spiro atoms. The third-order valence-electron chi connectivity index (χ3n) is 2.99. The molecule has 0 N–H and O–H groups in total. The fourth-order valence-corrected chi connectivity index (χ4v) is 2.22. The van der Waals surface area contributed by atoms with Crippen molar-refractivity contribution in [2.75, 3.05) is 17.3 Å². The predicted molar refractivity (Wildman–Crippen MR) is 62.6 cm³/mol. The molecule has 0 aliphatic carbocycles. The molecular formula is C12H10ClF4NO. The van der Waals surface area contributed by atoms with E-state index >= 15 is 0 Å². The van der Waals surface area contributed by atoms with E-state index in [1.165, 1.54) is 0 Å². The zero-order valence-electron chi connectivity index (χ0n) is 9.68. The Labute approximate surface area is 112 Å². The molecule has 0 bridgehead atoms. The van der Waals surface area contributed by atoms with E-state index < -0.39 is 23.5 Å². The van der Waals surface area contributed by atoms with Crippen LogP contribution in [-0.4, -0.2) is 18.3 Å². The molecule has 0 saturated carbocycles. The van der Waals surface area contributed by atoms with Crippen molar-refractivity contribution >= 4 is 23.2 Å².